The second-order valence-electron chi connectivity index (χ2n) is 16.5. The fourth-order valence-corrected chi connectivity index (χ4v) is 8.21. The second-order valence-corrected chi connectivity index (χ2v) is 28.3. The minimum atomic E-state index is -1.23. The lowest BCUT2D eigenvalue weighted by molar-refractivity contribution is 0.0523. The number of rotatable bonds is 16. The standard InChI is InChI=1S/C21H31BrO3Si.C21H32O4Si/c2*1-7-16-15(3)18-13-25-21(23)19(18)20(24-10-11-26(4,5)6)17(16)9-8-14(2)12-22/h8H,7,9-13H2,1-6H3;8,22H,7,9-13H2,1-6H3/b2*14-8+. The van der Waals surface area contributed by atoms with Gasteiger partial charge >= 0.3 is 11.9 Å². The molecule has 0 bridgehead atoms. The predicted octanol–water partition coefficient (Wildman–Crippen LogP) is 10.3. The van der Waals surface area contributed by atoms with E-state index in [0.717, 1.165) is 75.8 Å². The van der Waals surface area contributed by atoms with Gasteiger partial charge in [-0.2, -0.15) is 0 Å². The van der Waals surface area contributed by atoms with Crippen LogP contribution >= 0.6 is 15.9 Å². The van der Waals surface area contributed by atoms with E-state index in [1.165, 1.54) is 22.3 Å². The summed E-state index contributed by atoms with van der Waals surface area (Å²) in [6.07, 6.45) is 7.48. The van der Waals surface area contributed by atoms with Gasteiger partial charge in [-0.15, -0.1) is 0 Å². The second kappa shape index (κ2) is 19.1. The fourth-order valence-electron chi connectivity index (χ4n) is 6.55. The maximum atomic E-state index is 12.4. The summed E-state index contributed by atoms with van der Waals surface area (Å²) in [4.78, 5) is 24.8. The Kier molecular flexibility index (Phi) is 16.0. The Balaban J connectivity index is 0.000000280. The highest BCUT2D eigenvalue weighted by Crippen LogP contribution is 2.41. The summed E-state index contributed by atoms with van der Waals surface area (Å²) in [6, 6.07) is 2.11. The number of fused-ring (bicyclic) bond motifs is 2. The van der Waals surface area contributed by atoms with Gasteiger partial charge in [0.25, 0.3) is 0 Å². The van der Waals surface area contributed by atoms with Crippen LogP contribution in [-0.4, -0.2) is 58.3 Å². The molecule has 2 aliphatic heterocycles. The van der Waals surface area contributed by atoms with Gasteiger partial charge in [0, 0.05) is 43.7 Å². The molecule has 52 heavy (non-hydrogen) atoms. The number of aliphatic hydroxyl groups excluding tert-OH is 1. The van der Waals surface area contributed by atoms with E-state index in [0.29, 0.717) is 49.7 Å². The van der Waals surface area contributed by atoms with Gasteiger partial charge in [0.15, 0.2) is 0 Å². The summed E-state index contributed by atoms with van der Waals surface area (Å²) < 4.78 is 23.2. The highest BCUT2D eigenvalue weighted by atomic mass is 79.9. The molecular formula is C42H63BrO7Si2. The topological polar surface area (TPSA) is 91.3 Å². The molecule has 0 aromatic heterocycles. The molecule has 2 heterocycles. The number of carbonyl (C=O) groups excluding carboxylic acids is 2. The zero-order valence-electron chi connectivity index (χ0n) is 33.9. The number of hydrogen-bond acceptors (Lipinski definition) is 7. The molecule has 0 unspecified atom stereocenters. The average molecular weight is 816 g/mol. The molecule has 0 aliphatic carbocycles. The van der Waals surface area contributed by atoms with Crippen LogP contribution in [0, 0.1) is 13.8 Å². The average Bonchev–Trinajstić information content (AvgIpc) is 3.66. The molecule has 2 aliphatic rings. The largest absolute Gasteiger partial charge is 0.493 e. The Bertz CT molecular complexity index is 1560. The minimum Gasteiger partial charge on any atom is -0.493 e. The third-order valence-corrected chi connectivity index (χ3v) is 14.2. The van der Waals surface area contributed by atoms with Gasteiger partial charge in [-0.25, -0.2) is 9.59 Å². The fraction of sp³-hybridized carbons (Fsp3) is 0.571. The molecule has 0 saturated carbocycles. The van der Waals surface area contributed by atoms with E-state index in [2.05, 4.69) is 95.9 Å². The molecule has 0 fully saturated rings. The van der Waals surface area contributed by atoms with Crippen molar-refractivity contribution < 1.29 is 33.6 Å². The smallest absolute Gasteiger partial charge is 0.342 e. The Labute approximate surface area is 323 Å². The molecular weight excluding hydrogens is 753 g/mol. The van der Waals surface area contributed by atoms with E-state index < -0.39 is 16.1 Å². The molecule has 2 aromatic carbocycles. The lowest BCUT2D eigenvalue weighted by Gasteiger charge is -2.22. The molecule has 7 nitrogen and oxygen atoms in total. The first-order valence-electron chi connectivity index (χ1n) is 18.8. The van der Waals surface area contributed by atoms with Crippen molar-refractivity contribution in [3.05, 3.63) is 78.9 Å². The van der Waals surface area contributed by atoms with Gasteiger partial charge in [0.05, 0.1) is 19.8 Å². The summed E-state index contributed by atoms with van der Waals surface area (Å²) in [5, 5.41) is 10.2. The van der Waals surface area contributed by atoms with Crippen LogP contribution in [0.25, 0.3) is 0 Å². The Hall–Kier alpha value is -2.67. The number of halogens is 1. The van der Waals surface area contributed by atoms with Crippen LogP contribution in [0.5, 0.6) is 11.5 Å². The van der Waals surface area contributed by atoms with E-state index in [1.807, 2.05) is 13.0 Å². The molecule has 288 valence electrons. The van der Waals surface area contributed by atoms with E-state index in [1.54, 1.807) is 0 Å². The molecule has 0 spiro atoms. The van der Waals surface area contributed by atoms with Crippen LogP contribution in [0.1, 0.15) is 92.9 Å². The van der Waals surface area contributed by atoms with Crippen LogP contribution in [0.4, 0.5) is 0 Å². The Morgan fingerprint density at radius 2 is 1.10 bits per heavy atom. The van der Waals surface area contributed by atoms with Gasteiger partial charge in [-0.1, -0.05) is 92.4 Å². The summed E-state index contributed by atoms with van der Waals surface area (Å²) in [6.45, 7) is 28.5. The monoisotopic (exact) mass is 814 g/mol. The van der Waals surface area contributed by atoms with Gasteiger partial charge < -0.3 is 24.1 Å². The third kappa shape index (κ3) is 11.2. The number of allylic oxidation sites excluding steroid dienone is 3. The van der Waals surface area contributed by atoms with Crippen molar-refractivity contribution in [1.82, 2.24) is 0 Å². The van der Waals surface area contributed by atoms with E-state index >= 15 is 0 Å². The van der Waals surface area contributed by atoms with Gasteiger partial charge in [-0.05, 0) is 87.7 Å². The van der Waals surface area contributed by atoms with Gasteiger partial charge in [0.1, 0.15) is 35.8 Å². The summed E-state index contributed by atoms with van der Waals surface area (Å²) in [5.41, 5.74) is 12.5. The van der Waals surface area contributed by atoms with Crippen LogP contribution in [0.15, 0.2) is 23.3 Å². The highest BCUT2D eigenvalue weighted by Gasteiger charge is 2.33. The maximum Gasteiger partial charge on any atom is 0.342 e. The zero-order chi connectivity index (χ0) is 39.0. The van der Waals surface area contributed by atoms with Gasteiger partial charge in [0.2, 0.25) is 0 Å². The van der Waals surface area contributed by atoms with Crippen molar-refractivity contribution in [2.75, 3.05) is 25.2 Å². The number of esters is 2. The number of alkyl halides is 1. The first-order chi connectivity index (χ1) is 24.4. The van der Waals surface area contributed by atoms with Gasteiger partial charge in [-0.3, -0.25) is 0 Å². The van der Waals surface area contributed by atoms with Crippen LogP contribution < -0.4 is 9.47 Å². The van der Waals surface area contributed by atoms with Crippen LogP contribution in [0.3, 0.4) is 0 Å². The Morgan fingerprint density at radius 1 is 0.712 bits per heavy atom. The summed E-state index contributed by atoms with van der Waals surface area (Å²) in [5.74, 6) is 0.945. The van der Waals surface area contributed by atoms with Crippen molar-refractivity contribution in [3.63, 3.8) is 0 Å². The zero-order valence-corrected chi connectivity index (χ0v) is 37.5. The SMILES string of the molecule is CCc1c(C)c2c(c(OCC[Si](C)(C)C)c1C/C=C(\C)CBr)C(=O)OC2.CCc1c(C)c2c(c(OCC[Si](C)(C)C)c1C/C=C(\C)CO)C(=O)OC2. The molecule has 0 amide bonds. The minimum absolute atomic E-state index is 0.0409. The lowest BCUT2D eigenvalue weighted by atomic mass is 9.89. The lowest BCUT2D eigenvalue weighted by Crippen LogP contribution is -2.23. The quantitative estimate of drug-likeness (QED) is 0.0781. The maximum absolute atomic E-state index is 12.4. The molecule has 4 rings (SSSR count). The number of benzene rings is 2. The first kappa shape index (κ1) is 43.7. The van der Waals surface area contributed by atoms with Crippen LogP contribution in [0.2, 0.25) is 51.4 Å². The molecule has 0 atom stereocenters. The van der Waals surface area contributed by atoms with Crippen molar-refractivity contribution in [2.24, 2.45) is 0 Å². The molecule has 10 heteroatoms. The summed E-state index contributed by atoms with van der Waals surface area (Å²) >= 11 is 3.51. The molecule has 0 saturated heterocycles. The first-order valence-corrected chi connectivity index (χ1v) is 27.3. The third-order valence-electron chi connectivity index (χ3n) is 9.92. The normalized spacial score (nSPS) is 14.4. The molecule has 1 N–H and O–H groups in total. The Morgan fingerprint density at radius 3 is 1.42 bits per heavy atom. The van der Waals surface area contributed by atoms with Crippen LogP contribution in [-0.2, 0) is 48.4 Å². The van der Waals surface area contributed by atoms with Crippen molar-refractivity contribution in [3.8, 4) is 11.5 Å². The predicted molar refractivity (Wildman–Crippen MR) is 222 cm³/mol. The van der Waals surface area contributed by atoms with E-state index in [4.69, 9.17) is 18.9 Å². The number of ether oxygens (including phenoxy) is 4. The van der Waals surface area contributed by atoms with Crippen molar-refractivity contribution >= 4 is 44.0 Å². The number of aliphatic hydroxyl groups is 1. The van der Waals surface area contributed by atoms with Crippen molar-refractivity contribution in [1.29, 1.82) is 0 Å². The number of hydrogen-bond donors (Lipinski definition) is 1. The molecule has 0 radical (unpaired) electrons. The molecule has 2 aromatic rings. The summed E-state index contributed by atoms with van der Waals surface area (Å²) in [7, 11) is -2.44. The number of cyclic esters (lactones) is 2. The van der Waals surface area contributed by atoms with E-state index in [-0.39, 0.29) is 18.5 Å². The number of carbonyl (C=O) groups is 2. The van der Waals surface area contributed by atoms with E-state index in [9.17, 15) is 14.7 Å². The highest BCUT2D eigenvalue weighted by molar-refractivity contribution is 9.09. The van der Waals surface area contributed by atoms with Crippen molar-refractivity contribution in [2.45, 2.75) is 132 Å².